The number of aliphatic hydroxyl groups is 1. The quantitative estimate of drug-likeness (QED) is 0.431. The van der Waals surface area contributed by atoms with Crippen LogP contribution in [0.25, 0.3) is 0 Å². The van der Waals surface area contributed by atoms with Crippen molar-refractivity contribution < 1.29 is 32.2 Å². The summed E-state index contributed by atoms with van der Waals surface area (Å²) in [6.07, 6.45) is 1.35. The first-order valence-electron chi connectivity index (χ1n) is 9.36. The van der Waals surface area contributed by atoms with Crippen LogP contribution in [0.15, 0.2) is 58.7 Å². The molecule has 1 aliphatic carbocycles. The van der Waals surface area contributed by atoms with Gasteiger partial charge in [0.05, 0.1) is 10.5 Å². The lowest BCUT2D eigenvalue weighted by Gasteiger charge is -2.23. The molecule has 0 bridgehead atoms. The number of ether oxygens (including phenoxy) is 1. The van der Waals surface area contributed by atoms with Crippen molar-refractivity contribution in [1.82, 2.24) is 0 Å². The van der Waals surface area contributed by atoms with E-state index in [1.807, 2.05) is 0 Å². The third kappa shape index (κ3) is 4.59. The molecule has 0 heterocycles. The molecule has 0 spiro atoms. The number of rotatable bonds is 5. The third-order valence-corrected chi connectivity index (χ3v) is 6.04. The SMILES string of the molecule is CCC(O)=C1C(=O)CC(c2cccc(Oc3ccc(S(C)(=O)=O)cc3F)c2)CC1=O. The number of allylic oxidation sites excluding steroid dienone is 2. The van der Waals surface area contributed by atoms with Crippen LogP contribution in [0.1, 0.15) is 37.7 Å². The Morgan fingerprint density at radius 2 is 1.80 bits per heavy atom. The Bertz CT molecular complexity index is 1130. The summed E-state index contributed by atoms with van der Waals surface area (Å²) in [6.45, 7) is 1.66. The number of ketones is 2. The van der Waals surface area contributed by atoms with E-state index in [1.165, 1.54) is 12.1 Å². The van der Waals surface area contributed by atoms with Gasteiger partial charge in [0.25, 0.3) is 0 Å². The molecule has 0 aromatic heterocycles. The molecule has 2 aromatic rings. The number of benzene rings is 2. The van der Waals surface area contributed by atoms with Crippen molar-refractivity contribution >= 4 is 21.4 Å². The second-order valence-corrected chi connectivity index (χ2v) is 9.18. The third-order valence-electron chi connectivity index (χ3n) is 4.93. The first kappa shape index (κ1) is 21.7. The highest BCUT2D eigenvalue weighted by Crippen LogP contribution is 2.35. The molecule has 158 valence electrons. The van der Waals surface area contributed by atoms with Gasteiger partial charge >= 0.3 is 0 Å². The zero-order valence-corrected chi connectivity index (χ0v) is 17.3. The Hall–Kier alpha value is -3.00. The fourth-order valence-electron chi connectivity index (χ4n) is 3.37. The minimum Gasteiger partial charge on any atom is -0.511 e. The number of Topliss-reactive ketones (excluding diaryl/α,β-unsaturated/α-hetero) is 2. The van der Waals surface area contributed by atoms with E-state index in [9.17, 15) is 27.5 Å². The normalized spacial score (nSPS) is 17.2. The summed E-state index contributed by atoms with van der Waals surface area (Å²) < 4.78 is 42.9. The van der Waals surface area contributed by atoms with Crippen molar-refractivity contribution in [3.05, 3.63) is 65.2 Å². The molecule has 0 unspecified atom stereocenters. The summed E-state index contributed by atoms with van der Waals surface area (Å²) in [5.74, 6) is -2.04. The van der Waals surface area contributed by atoms with Crippen molar-refractivity contribution in [1.29, 1.82) is 0 Å². The van der Waals surface area contributed by atoms with Gasteiger partial charge in [-0.2, -0.15) is 0 Å². The van der Waals surface area contributed by atoms with E-state index >= 15 is 0 Å². The standard InChI is InChI=1S/C22H21FO6S/c1-3-18(24)22-19(25)10-14(11-20(22)26)13-5-4-6-15(9-13)29-21-8-7-16(12-17(21)23)30(2,27)28/h4-9,12,14,24H,3,10-11H2,1-2H3. The topological polar surface area (TPSA) is 97.7 Å². The van der Waals surface area contributed by atoms with Crippen molar-refractivity contribution in [2.45, 2.75) is 37.0 Å². The summed E-state index contributed by atoms with van der Waals surface area (Å²) in [4.78, 5) is 24.6. The summed E-state index contributed by atoms with van der Waals surface area (Å²) in [6, 6.07) is 9.99. The number of carbonyl (C=O) groups is 2. The minimum atomic E-state index is -3.54. The van der Waals surface area contributed by atoms with E-state index in [0.29, 0.717) is 5.56 Å². The van der Waals surface area contributed by atoms with Crippen LogP contribution in [0.2, 0.25) is 0 Å². The van der Waals surface area contributed by atoms with Crippen LogP contribution < -0.4 is 4.74 Å². The fourth-order valence-corrected chi connectivity index (χ4v) is 4.00. The van der Waals surface area contributed by atoms with Gasteiger partial charge in [-0.25, -0.2) is 12.8 Å². The summed E-state index contributed by atoms with van der Waals surface area (Å²) in [5.41, 5.74) is 0.562. The second-order valence-electron chi connectivity index (χ2n) is 7.17. The lowest BCUT2D eigenvalue weighted by Crippen LogP contribution is -2.26. The van der Waals surface area contributed by atoms with Crippen LogP contribution in [0.3, 0.4) is 0 Å². The van der Waals surface area contributed by atoms with Crippen LogP contribution in [0.5, 0.6) is 11.5 Å². The predicted molar refractivity (Wildman–Crippen MR) is 108 cm³/mol. The van der Waals surface area contributed by atoms with Gasteiger partial charge in [-0.05, 0) is 41.8 Å². The molecule has 1 saturated carbocycles. The molecule has 1 N–H and O–H groups in total. The summed E-state index contributed by atoms with van der Waals surface area (Å²) in [7, 11) is -3.54. The van der Waals surface area contributed by atoms with Crippen LogP contribution >= 0.6 is 0 Å². The van der Waals surface area contributed by atoms with Crippen LogP contribution in [0, 0.1) is 5.82 Å². The molecule has 8 heteroatoms. The van der Waals surface area contributed by atoms with Crippen LogP contribution in [-0.4, -0.2) is 31.3 Å². The van der Waals surface area contributed by atoms with Crippen molar-refractivity contribution in [2.24, 2.45) is 0 Å². The maximum atomic E-state index is 14.3. The molecule has 0 saturated heterocycles. The van der Waals surface area contributed by atoms with Gasteiger partial charge in [0, 0.05) is 25.5 Å². The smallest absolute Gasteiger partial charge is 0.175 e. The molecule has 6 nitrogen and oxygen atoms in total. The average Bonchev–Trinajstić information content (AvgIpc) is 2.68. The second kappa shape index (κ2) is 8.39. The molecule has 0 radical (unpaired) electrons. The van der Waals surface area contributed by atoms with E-state index < -0.39 is 27.2 Å². The van der Waals surface area contributed by atoms with E-state index in [4.69, 9.17) is 4.74 Å². The van der Waals surface area contributed by atoms with Gasteiger partial charge in [0.2, 0.25) is 0 Å². The first-order chi connectivity index (χ1) is 14.1. The Morgan fingerprint density at radius 1 is 1.13 bits per heavy atom. The number of carbonyl (C=O) groups excluding carboxylic acids is 2. The average molecular weight is 432 g/mol. The Morgan fingerprint density at radius 3 is 2.37 bits per heavy atom. The lowest BCUT2D eigenvalue weighted by molar-refractivity contribution is -0.124. The molecular weight excluding hydrogens is 411 g/mol. The number of hydrogen-bond donors (Lipinski definition) is 1. The maximum absolute atomic E-state index is 14.3. The van der Waals surface area contributed by atoms with Gasteiger partial charge < -0.3 is 9.84 Å². The number of halogens is 1. The Kier molecular flexibility index (Phi) is 6.07. The molecular formula is C22H21FO6S. The molecule has 1 aliphatic rings. The number of hydrogen-bond acceptors (Lipinski definition) is 6. The molecule has 3 rings (SSSR count). The van der Waals surface area contributed by atoms with Gasteiger partial charge in [-0.15, -0.1) is 0 Å². The molecule has 30 heavy (non-hydrogen) atoms. The van der Waals surface area contributed by atoms with Gasteiger partial charge in [-0.3, -0.25) is 9.59 Å². The monoisotopic (exact) mass is 432 g/mol. The largest absolute Gasteiger partial charge is 0.511 e. The zero-order chi connectivity index (χ0) is 22.1. The molecule has 1 fully saturated rings. The number of sulfone groups is 1. The van der Waals surface area contributed by atoms with Gasteiger partial charge in [0.15, 0.2) is 33.0 Å². The van der Waals surface area contributed by atoms with E-state index in [-0.39, 0.29) is 52.9 Å². The van der Waals surface area contributed by atoms with E-state index in [1.54, 1.807) is 31.2 Å². The van der Waals surface area contributed by atoms with E-state index in [2.05, 4.69) is 0 Å². The number of aliphatic hydroxyl groups excluding tert-OH is 1. The maximum Gasteiger partial charge on any atom is 0.175 e. The summed E-state index contributed by atoms with van der Waals surface area (Å²) in [5, 5.41) is 9.83. The molecule has 0 atom stereocenters. The fraction of sp³-hybridized carbons (Fsp3) is 0.273. The predicted octanol–water partition coefficient (Wildman–Crippen LogP) is 4.26. The van der Waals surface area contributed by atoms with Crippen molar-refractivity contribution in [3.8, 4) is 11.5 Å². The van der Waals surface area contributed by atoms with Gasteiger partial charge in [0.1, 0.15) is 11.5 Å². The van der Waals surface area contributed by atoms with Crippen LogP contribution in [0.4, 0.5) is 4.39 Å². The highest BCUT2D eigenvalue weighted by Gasteiger charge is 2.33. The Balaban J connectivity index is 1.83. The highest BCUT2D eigenvalue weighted by atomic mass is 32.2. The first-order valence-corrected chi connectivity index (χ1v) is 11.2. The highest BCUT2D eigenvalue weighted by molar-refractivity contribution is 7.90. The molecule has 0 amide bonds. The van der Waals surface area contributed by atoms with Gasteiger partial charge in [-0.1, -0.05) is 19.1 Å². The molecule has 2 aromatic carbocycles. The molecule has 0 aliphatic heterocycles. The summed E-state index contributed by atoms with van der Waals surface area (Å²) >= 11 is 0. The Labute approximate surface area is 173 Å². The minimum absolute atomic E-state index is 0.0754. The van der Waals surface area contributed by atoms with Crippen molar-refractivity contribution in [3.63, 3.8) is 0 Å². The van der Waals surface area contributed by atoms with Crippen molar-refractivity contribution in [2.75, 3.05) is 6.26 Å². The van der Waals surface area contributed by atoms with E-state index in [0.717, 1.165) is 12.3 Å². The lowest BCUT2D eigenvalue weighted by atomic mass is 9.79. The van der Waals surface area contributed by atoms with Crippen LogP contribution in [-0.2, 0) is 19.4 Å². The zero-order valence-electron chi connectivity index (χ0n) is 16.5.